The van der Waals surface area contributed by atoms with Crippen molar-refractivity contribution in [2.45, 2.75) is 95.4 Å². The van der Waals surface area contributed by atoms with Gasteiger partial charge in [0.1, 0.15) is 6.04 Å². The van der Waals surface area contributed by atoms with Gasteiger partial charge in [-0.1, -0.05) is 64.7 Å². The number of ether oxygens (including phenoxy) is 1. The number of nitrogens with one attached hydrogen (secondary N) is 2. The topological polar surface area (TPSA) is 122 Å². The molecule has 1 atom stereocenters. The zero-order valence-electron chi connectivity index (χ0n) is 21.6. The Morgan fingerprint density at radius 3 is 2.17 bits per heavy atom. The Balaban J connectivity index is 1.81. The summed E-state index contributed by atoms with van der Waals surface area (Å²) in [5.41, 5.74) is 0.463. The maximum atomic E-state index is 13.2. The van der Waals surface area contributed by atoms with E-state index in [1.54, 1.807) is 0 Å². The van der Waals surface area contributed by atoms with E-state index in [0.717, 1.165) is 23.6 Å². The Bertz CT molecular complexity index is 949. The van der Waals surface area contributed by atoms with E-state index in [4.69, 9.17) is 4.74 Å². The van der Waals surface area contributed by atoms with Crippen molar-refractivity contribution in [3.05, 3.63) is 24.3 Å². The molecule has 202 valence electrons. The van der Waals surface area contributed by atoms with E-state index in [0.29, 0.717) is 5.69 Å². The van der Waals surface area contributed by atoms with E-state index >= 15 is 0 Å². The molecule has 1 heterocycles. The Morgan fingerprint density at radius 2 is 1.58 bits per heavy atom. The van der Waals surface area contributed by atoms with E-state index < -0.39 is 27.9 Å². The van der Waals surface area contributed by atoms with Crippen LogP contribution in [0.15, 0.2) is 29.2 Å². The zero-order valence-corrected chi connectivity index (χ0v) is 22.4. The quantitative estimate of drug-likeness (QED) is 0.250. The summed E-state index contributed by atoms with van der Waals surface area (Å²) in [6, 6.07) is 4.53. The largest absolute Gasteiger partial charge is 0.466 e. The molecule has 0 radical (unpaired) electrons. The van der Waals surface area contributed by atoms with Crippen LogP contribution in [0, 0.1) is 0 Å². The first kappa shape index (κ1) is 29.8. The van der Waals surface area contributed by atoms with Crippen LogP contribution in [-0.2, 0) is 29.1 Å². The number of esters is 1. The molecule has 2 rings (SSSR count). The van der Waals surface area contributed by atoms with Gasteiger partial charge in [-0.2, -0.15) is 4.31 Å². The monoisotopic (exact) mass is 523 g/mol. The molecule has 1 aromatic carbocycles. The SMILES string of the molecule is CCCCCCCCCCCCOC(=O)CC1C(=O)NCCN1S(=O)(=O)c1ccc(NC(C)=O)cc1. The normalized spacial score (nSPS) is 16.4. The predicted molar refractivity (Wildman–Crippen MR) is 139 cm³/mol. The second kappa shape index (κ2) is 15.6. The number of anilines is 1. The summed E-state index contributed by atoms with van der Waals surface area (Å²) in [4.78, 5) is 36.1. The first-order chi connectivity index (χ1) is 17.3. The van der Waals surface area contributed by atoms with Crippen LogP contribution >= 0.6 is 0 Å². The summed E-state index contributed by atoms with van der Waals surface area (Å²) >= 11 is 0. The number of carbonyl (C=O) groups excluding carboxylic acids is 3. The average molecular weight is 524 g/mol. The molecule has 1 unspecified atom stereocenters. The average Bonchev–Trinajstić information content (AvgIpc) is 2.83. The number of benzene rings is 1. The molecule has 9 nitrogen and oxygen atoms in total. The highest BCUT2D eigenvalue weighted by Gasteiger charge is 2.40. The summed E-state index contributed by atoms with van der Waals surface area (Å²) in [5.74, 6) is -1.38. The van der Waals surface area contributed by atoms with E-state index in [1.165, 1.54) is 76.1 Å². The number of piperazine rings is 1. The maximum absolute atomic E-state index is 13.2. The molecule has 1 saturated heterocycles. The van der Waals surface area contributed by atoms with Crippen molar-refractivity contribution in [3.8, 4) is 0 Å². The first-order valence-corrected chi connectivity index (χ1v) is 14.5. The molecule has 0 aromatic heterocycles. The fourth-order valence-corrected chi connectivity index (χ4v) is 5.80. The minimum Gasteiger partial charge on any atom is -0.466 e. The Labute approximate surface area is 215 Å². The summed E-state index contributed by atoms with van der Waals surface area (Å²) in [6.45, 7) is 4.05. The van der Waals surface area contributed by atoms with Crippen LogP contribution in [0.2, 0.25) is 0 Å². The van der Waals surface area contributed by atoms with Gasteiger partial charge >= 0.3 is 5.97 Å². The van der Waals surface area contributed by atoms with Gasteiger partial charge in [0.05, 0.1) is 17.9 Å². The second-order valence-corrected chi connectivity index (χ2v) is 11.1. The van der Waals surface area contributed by atoms with Gasteiger partial charge in [0.2, 0.25) is 21.8 Å². The van der Waals surface area contributed by atoms with Crippen LogP contribution < -0.4 is 10.6 Å². The molecule has 10 heteroatoms. The molecule has 2 amide bonds. The van der Waals surface area contributed by atoms with Gasteiger partial charge < -0.3 is 15.4 Å². The van der Waals surface area contributed by atoms with Gasteiger partial charge in [0.25, 0.3) is 0 Å². The van der Waals surface area contributed by atoms with Crippen molar-refractivity contribution in [2.75, 3.05) is 25.0 Å². The molecule has 1 aliphatic rings. The van der Waals surface area contributed by atoms with Crippen molar-refractivity contribution in [2.24, 2.45) is 0 Å². The number of unbranched alkanes of at least 4 members (excludes halogenated alkanes) is 9. The second-order valence-electron chi connectivity index (χ2n) is 9.23. The summed E-state index contributed by atoms with van der Waals surface area (Å²) < 4.78 is 32.8. The third kappa shape index (κ3) is 9.89. The molecule has 0 saturated carbocycles. The van der Waals surface area contributed by atoms with Gasteiger partial charge in [-0.25, -0.2) is 8.42 Å². The lowest BCUT2D eigenvalue weighted by Gasteiger charge is -2.33. The van der Waals surface area contributed by atoms with E-state index in [9.17, 15) is 22.8 Å². The van der Waals surface area contributed by atoms with Crippen molar-refractivity contribution in [1.29, 1.82) is 0 Å². The number of hydrogen-bond donors (Lipinski definition) is 2. The number of carbonyl (C=O) groups is 3. The summed E-state index contributed by atoms with van der Waals surface area (Å²) in [6.07, 6.45) is 11.4. The maximum Gasteiger partial charge on any atom is 0.307 e. The molecular weight excluding hydrogens is 482 g/mol. The third-order valence-electron chi connectivity index (χ3n) is 6.18. The molecule has 1 aromatic rings. The fourth-order valence-electron chi connectivity index (χ4n) is 4.22. The fraction of sp³-hybridized carbons (Fsp3) is 0.654. The molecule has 0 spiro atoms. The zero-order chi connectivity index (χ0) is 26.4. The predicted octanol–water partition coefficient (Wildman–Crippen LogP) is 3.99. The number of sulfonamides is 1. The lowest BCUT2D eigenvalue weighted by molar-refractivity contribution is -0.147. The lowest BCUT2D eigenvalue weighted by atomic mass is 10.1. The number of rotatable bonds is 16. The summed E-state index contributed by atoms with van der Waals surface area (Å²) in [5, 5.41) is 5.21. The van der Waals surface area contributed by atoms with Gasteiger partial charge in [-0.15, -0.1) is 0 Å². The molecule has 2 N–H and O–H groups in total. The highest BCUT2D eigenvalue weighted by molar-refractivity contribution is 7.89. The first-order valence-electron chi connectivity index (χ1n) is 13.1. The Kier molecular flexibility index (Phi) is 12.9. The van der Waals surface area contributed by atoms with Crippen LogP contribution in [0.5, 0.6) is 0 Å². The summed E-state index contributed by atoms with van der Waals surface area (Å²) in [7, 11) is -4.03. The lowest BCUT2D eigenvalue weighted by Crippen LogP contribution is -2.57. The van der Waals surface area contributed by atoms with Crippen LogP contribution in [0.1, 0.15) is 84.5 Å². The number of hydrogen-bond acceptors (Lipinski definition) is 6. The van der Waals surface area contributed by atoms with E-state index in [-0.39, 0.29) is 36.9 Å². The highest BCUT2D eigenvalue weighted by Crippen LogP contribution is 2.23. The number of nitrogens with zero attached hydrogens (tertiary/aromatic N) is 1. The molecular formula is C26H41N3O6S. The molecule has 36 heavy (non-hydrogen) atoms. The Morgan fingerprint density at radius 1 is 1.00 bits per heavy atom. The van der Waals surface area contributed by atoms with Crippen molar-refractivity contribution in [1.82, 2.24) is 9.62 Å². The molecule has 0 aliphatic carbocycles. The Hall–Kier alpha value is -2.46. The van der Waals surface area contributed by atoms with Crippen LogP contribution in [-0.4, -0.2) is 56.2 Å². The van der Waals surface area contributed by atoms with Gasteiger partial charge in [-0.3, -0.25) is 14.4 Å². The van der Waals surface area contributed by atoms with Gasteiger partial charge in [-0.05, 0) is 30.7 Å². The standard InChI is InChI=1S/C26H41N3O6S/c1-3-4-5-6-7-8-9-10-11-12-19-35-25(31)20-24-26(32)27-17-18-29(24)36(33,34)23-15-13-22(14-16-23)28-21(2)30/h13-16,24H,3-12,17-20H2,1-2H3,(H,27,32)(H,28,30). The highest BCUT2D eigenvalue weighted by atomic mass is 32.2. The molecule has 1 fully saturated rings. The van der Waals surface area contributed by atoms with Crippen molar-refractivity contribution in [3.63, 3.8) is 0 Å². The smallest absolute Gasteiger partial charge is 0.307 e. The van der Waals surface area contributed by atoms with Gasteiger partial charge in [0.15, 0.2) is 0 Å². The van der Waals surface area contributed by atoms with Crippen LogP contribution in [0.3, 0.4) is 0 Å². The number of amides is 2. The van der Waals surface area contributed by atoms with E-state index in [1.807, 2.05) is 0 Å². The minimum absolute atomic E-state index is 0.0185. The van der Waals surface area contributed by atoms with Crippen LogP contribution in [0.4, 0.5) is 5.69 Å². The van der Waals surface area contributed by atoms with Gasteiger partial charge in [0, 0.05) is 25.7 Å². The molecule has 1 aliphatic heterocycles. The van der Waals surface area contributed by atoms with Crippen LogP contribution in [0.25, 0.3) is 0 Å². The van der Waals surface area contributed by atoms with Crippen molar-refractivity contribution >= 4 is 33.5 Å². The van der Waals surface area contributed by atoms with Crippen molar-refractivity contribution < 1.29 is 27.5 Å². The van der Waals surface area contributed by atoms with E-state index in [2.05, 4.69) is 17.6 Å². The minimum atomic E-state index is -4.03. The third-order valence-corrected chi connectivity index (χ3v) is 8.11. The molecule has 0 bridgehead atoms.